The number of likely N-dealkylation sites (tertiary alicyclic amines) is 1. The van der Waals surface area contributed by atoms with Crippen LogP contribution >= 0.6 is 0 Å². The molecule has 0 unspecified atom stereocenters. The number of carbonyl (C=O) groups is 6. The Bertz CT molecular complexity index is 2130. The summed E-state index contributed by atoms with van der Waals surface area (Å²) in [5.74, 6) is -3.64. The van der Waals surface area contributed by atoms with Gasteiger partial charge in [0.25, 0.3) is 10.0 Å². The summed E-state index contributed by atoms with van der Waals surface area (Å²) in [5, 5.41) is 8.01. The number of primary amides is 1. The van der Waals surface area contributed by atoms with Crippen molar-refractivity contribution < 1.29 is 51.4 Å². The molecule has 1 heterocycles. The number of benzene rings is 2. The van der Waals surface area contributed by atoms with E-state index in [-0.39, 0.29) is 43.3 Å². The van der Waals surface area contributed by atoms with Crippen LogP contribution in [0.25, 0.3) is 0 Å². The molecular weight excluding hydrogens is 851 g/mol. The number of guanidine groups is 1. The Morgan fingerprint density at radius 1 is 0.938 bits per heavy atom. The maximum atomic E-state index is 14.1. The van der Waals surface area contributed by atoms with Crippen molar-refractivity contribution in [2.75, 3.05) is 20.2 Å². The summed E-state index contributed by atoms with van der Waals surface area (Å²) in [6.45, 7) is 11.0. The van der Waals surface area contributed by atoms with Crippen LogP contribution in [-0.2, 0) is 50.1 Å². The number of aliphatic imine (C=N–C) groups is 1. The van der Waals surface area contributed by atoms with Crippen molar-refractivity contribution in [1.82, 2.24) is 25.6 Å². The van der Waals surface area contributed by atoms with Crippen LogP contribution in [0, 0.1) is 20.8 Å². The Labute approximate surface area is 375 Å². The molecule has 10 N–H and O–H groups in total. The van der Waals surface area contributed by atoms with E-state index in [2.05, 4.69) is 25.7 Å². The first kappa shape index (κ1) is 52.4. The number of amides is 5. The van der Waals surface area contributed by atoms with Crippen LogP contribution in [0.1, 0.15) is 94.9 Å². The number of aryl methyl sites for hydroxylation is 1. The second-order valence-corrected chi connectivity index (χ2v) is 18.3. The van der Waals surface area contributed by atoms with E-state index >= 15 is 0 Å². The lowest BCUT2D eigenvalue weighted by atomic mass is 10.0. The second kappa shape index (κ2) is 23.6. The number of hydrogen-bond donors (Lipinski definition) is 7. The zero-order chi connectivity index (χ0) is 47.9. The van der Waals surface area contributed by atoms with Crippen molar-refractivity contribution in [3.05, 3.63) is 58.7 Å². The number of esters is 1. The largest absolute Gasteiger partial charge is 0.496 e. The van der Waals surface area contributed by atoms with Gasteiger partial charge in [0, 0.05) is 12.6 Å². The van der Waals surface area contributed by atoms with Crippen LogP contribution in [0.2, 0.25) is 0 Å². The molecule has 1 fully saturated rings. The van der Waals surface area contributed by atoms with Crippen molar-refractivity contribution >= 4 is 51.7 Å². The summed E-state index contributed by atoms with van der Waals surface area (Å²) in [5.41, 5.74) is 18.5. The molecule has 1 aliphatic heterocycles. The van der Waals surface area contributed by atoms with Crippen LogP contribution in [0.4, 0.5) is 4.79 Å². The number of sulfonamides is 1. The first-order chi connectivity index (χ1) is 30.0. The van der Waals surface area contributed by atoms with Gasteiger partial charge in [0.15, 0.2) is 0 Å². The first-order valence-electron chi connectivity index (χ1n) is 21.1. The number of ether oxygens (including phenoxy) is 3. The Balaban J connectivity index is 1.83. The van der Waals surface area contributed by atoms with Crippen LogP contribution in [0.5, 0.6) is 5.75 Å². The van der Waals surface area contributed by atoms with E-state index < -0.39 is 94.5 Å². The van der Waals surface area contributed by atoms with Crippen molar-refractivity contribution in [2.24, 2.45) is 22.2 Å². The van der Waals surface area contributed by atoms with E-state index in [0.717, 1.165) is 0 Å². The van der Waals surface area contributed by atoms with Gasteiger partial charge in [0.05, 0.1) is 31.0 Å². The third kappa shape index (κ3) is 15.4. The molecule has 0 spiro atoms. The molecule has 0 aromatic heterocycles. The lowest BCUT2D eigenvalue weighted by Gasteiger charge is -2.38. The number of rotatable bonds is 19. The summed E-state index contributed by atoms with van der Waals surface area (Å²) >= 11 is 0. The Hall–Kier alpha value is -5.96. The van der Waals surface area contributed by atoms with E-state index in [1.54, 1.807) is 84.9 Å². The van der Waals surface area contributed by atoms with Gasteiger partial charge in [-0.2, -0.15) is 0 Å². The summed E-state index contributed by atoms with van der Waals surface area (Å²) in [7, 11) is -2.64. The Kier molecular flexibility index (Phi) is 19.4. The number of hydrogen-bond acceptors (Lipinski definition) is 13. The summed E-state index contributed by atoms with van der Waals surface area (Å²) in [6, 6.07) is 4.98. The SMILES string of the molecule is COc1cc(C)c(S(=O)(=O)NC(N)=NCCC[C@H](NC(=O)CN)C(=O)N[C@@H](C)[C@H]2CCCC[C@@H](C(=O)N[C@@H](CC(=O)OC(C)(C)C)C(N)=O)N2C(=O)OCc2ccccc2)c(C)c1C. The standard InChI is InChI=1S/C43H65N9O11S/c1-25-21-34(61-8)26(2)27(3)37(25)64(59,60)51-41(46)47-20-14-17-30(49-35(53)23-44)39(56)48-28(4)32-18-12-13-19-33(52(32)42(58)62-24-29-15-10-9-11-16-29)40(57)50-31(38(45)55)22-36(54)63-43(5,6)7/h9-11,15-16,21,28,30-33H,12-14,17-20,22-24,44H2,1-8H3,(H2,45,55)(H,48,56)(H,49,53)(H,50,57)(H3,46,47,51)/t28-,30-,31-,32+,33-/m0/s1. The quantitative estimate of drug-likeness (QED) is 0.0457. The van der Waals surface area contributed by atoms with Gasteiger partial charge in [-0.25, -0.2) is 17.9 Å². The molecule has 1 saturated heterocycles. The molecule has 3 rings (SSSR count). The van der Waals surface area contributed by atoms with E-state index in [9.17, 15) is 37.2 Å². The zero-order valence-corrected chi connectivity index (χ0v) is 38.8. The fourth-order valence-corrected chi connectivity index (χ4v) is 8.83. The maximum Gasteiger partial charge on any atom is 0.411 e. The van der Waals surface area contributed by atoms with E-state index in [0.29, 0.717) is 47.3 Å². The molecule has 20 nitrogen and oxygen atoms in total. The van der Waals surface area contributed by atoms with Gasteiger partial charge in [-0.3, -0.25) is 33.9 Å². The van der Waals surface area contributed by atoms with Crippen LogP contribution in [-0.4, -0.2) is 111 Å². The van der Waals surface area contributed by atoms with Crippen molar-refractivity contribution in [1.29, 1.82) is 0 Å². The predicted molar refractivity (Wildman–Crippen MR) is 238 cm³/mol. The second-order valence-electron chi connectivity index (χ2n) is 16.7. The third-order valence-corrected chi connectivity index (χ3v) is 12.2. The highest BCUT2D eigenvalue weighted by molar-refractivity contribution is 7.90. The number of nitrogens with zero attached hydrogens (tertiary/aromatic N) is 2. The monoisotopic (exact) mass is 915 g/mol. The minimum Gasteiger partial charge on any atom is -0.496 e. The van der Waals surface area contributed by atoms with Gasteiger partial charge >= 0.3 is 12.1 Å². The number of methoxy groups -OCH3 is 1. The van der Waals surface area contributed by atoms with E-state index in [1.807, 2.05) is 0 Å². The highest BCUT2D eigenvalue weighted by Crippen LogP contribution is 2.31. The first-order valence-corrected chi connectivity index (χ1v) is 22.6. The lowest BCUT2D eigenvalue weighted by molar-refractivity contribution is -0.156. The molecule has 2 aromatic rings. The molecule has 354 valence electrons. The minimum atomic E-state index is -4.14. The smallest absolute Gasteiger partial charge is 0.411 e. The minimum absolute atomic E-state index is 0.0222. The third-order valence-electron chi connectivity index (χ3n) is 10.5. The molecule has 5 amide bonds. The van der Waals surface area contributed by atoms with Crippen LogP contribution in [0.15, 0.2) is 46.3 Å². The van der Waals surface area contributed by atoms with Crippen LogP contribution < -0.4 is 42.6 Å². The van der Waals surface area contributed by atoms with E-state index in [4.69, 9.17) is 31.4 Å². The summed E-state index contributed by atoms with van der Waals surface area (Å²) in [4.78, 5) is 85.1. The molecule has 0 bridgehead atoms. The molecule has 0 saturated carbocycles. The molecular formula is C43H65N9O11S. The average Bonchev–Trinajstić information content (AvgIpc) is 3.45. The van der Waals surface area contributed by atoms with Crippen molar-refractivity contribution in [3.63, 3.8) is 0 Å². The fourth-order valence-electron chi connectivity index (χ4n) is 7.35. The number of nitrogens with two attached hydrogens (primary N) is 3. The fraction of sp³-hybridized carbons (Fsp3) is 0.558. The van der Waals surface area contributed by atoms with Gasteiger partial charge < -0.3 is 47.4 Å². The average molecular weight is 916 g/mol. The predicted octanol–water partition coefficient (Wildman–Crippen LogP) is 1.59. The lowest BCUT2D eigenvalue weighted by Crippen LogP contribution is -2.61. The highest BCUT2D eigenvalue weighted by atomic mass is 32.2. The summed E-state index contributed by atoms with van der Waals surface area (Å²) < 4.78 is 45.4. The molecule has 21 heteroatoms. The molecule has 1 aliphatic rings. The molecule has 64 heavy (non-hydrogen) atoms. The molecule has 0 radical (unpaired) electrons. The van der Waals surface area contributed by atoms with Gasteiger partial charge in [-0.05, 0) is 102 Å². The van der Waals surface area contributed by atoms with Crippen molar-refractivity contribution in [3.8, 4) is 5.75 Å². The Morgan fingerprint density at radius 3 is 2.20 bits per heavy atom. The zero-order valence-electron chi connectivity index (χ0n) is 37.9. The van der Waals surface area contributed by atoms with Gasteiger partial charge in [0.2, 0.25) is 29.6 Å². The molecule has 0 aliphatic carbocycles. The number of nitrogens with one attached hydrogen (secondary N) is 4. The topological polar surface area (TPSA) is 306 Å². The highest BCUT2D eigenvalue weighted by Gasteiger charge is 2.42. The molecule has 2 aromatic carbocycles. The van der Waals surface area contributed by atoms with Crippen LogP contribution in [0.3, 0.4) is 0 Å². The number of carbonyl (C=O) groups excluding carboxylic acids is 6. The van der Waals surface area contributed by atoms with Gasteiger partial charge in [-0.15, -0.1) is 0 Å². The summed E-state index contributed by atoms with van der Waals surface area (Å²) in [6.07, 6.45) is 0.233. The maximum absolute atomic E-state index is 14.1. The van der Waals surface area contributed by atoms with Gasteiger partial charge in [-0.1, -0.05) is 43.2 Å². The van der Waals surface area contributed by atoms with E-state index in [1.165, 1.54) is 12.0 Å². The van der Waals surface area contributed by atoms with Crippen molar-refractivity contribution in [2.45, 2.75) is 141 Å². The normalized spacial score (nSPS) is 17.1. The molecule has 5 atom stereocenters. The van der Waals surface area contributed by atoms with Gasteiger partial charge in [0.1, 0.15) is 36.1 Å². The Morgan fingerprint density at radius 2 is 1.59 bits per heavy atom.